The minimum atomic E-state index is -3.80. The van der Waals surface area contributed by atoms with Crippen molar-refractivity contribution in [1.29, 1.82) is 0 Å². The molecule has 0 radical (unpaired) electrons. The van der Waals surface area contributed by atoms with E-state index in [1.807, 2.05) is 33.8 Å². The van der Waals surface area contributed by atoms with Gasteiger partial charge in [-0.2, -0.15) is 0 Å². The second kappa shape index (κ2) is 6.56. The molecule has 0 saturated carbocycles. The number of carbonyl (C=O) groups excluding carboxylic acids is 1. The smallest absolute Gasteiger partial charge is 0.261 e. The standard InChI is InChI=1S/C20H24N2O4S/c1-13-6-7-16(10-14(13)2)21-27(24,25)17-8-9-19-18(11-17)22(15(3)23)12-20(4,5)26-19/h6-11,21H,12H2,1-5H3. The number of benzene rings is 2. The van der Waals surface area contributed by atoms with Crippen molar-refractivity contribution in [3.05, 3.63) is 47.5 Å². The predicted molar refractivity (Wildman–Crippen MR) is 106 cm³/mol. The number of sulfonamides is 1. The minimum absolute atomic E-state index is 0.0778. The van der Waals surface area contributed by atoms with Crippen molar-refractivity contribution in [2.75, 3.05) is 16.2 Å². The van der Waals surface area contributed by atoms with Gasteiger partial charge >= 0.3 is 0 Å². The molecule has 0 atom stereocenters. The third-order valence-electron chi connectivity index (χ3n) is 4.60. The van der Waals surface area contributed by atoms with Crippen molar-refractivity contribution in [3.8, 4) is 5.75 Å². The zero-order valence-electron chi connectivity index (χ0n) is 16.2. The second-order valence-corrected chi connectivity index (χ2v) is 9.18. The summed E-state index contributed by atoms with van der Waals surface area (Å²) in [5.74, 6) is 0.330. The van der Waals surface area contributed by atoms with Gasteiger partial charge in [0.15, 0.2) is 0 Å². The van der Waals surface area contributed by atoms with Crippen molar-refractivity contribution in [2.45, 2.75) is 45.1 Å². The summed E-state index contributed by atoms with van der Waals surface area (Å²) in [6.07, 6.45) is 0. The molecule has 1 amide bonds. The van der Waals surface area contributed by atoms with Gasteiger partial charge in [0.2, 0.25) is 5.91 Å². The molecule has 0 unspecified atom stereocenters. The Morgan fingerprint density at radius 3 is 2.44 bits per heavy atom. The number of amides is 1. The van der Waals surface area contributed by atoms with Crippen molar-refractivity contribution in [2.24, 2.45) is 0 Å². The molecule has 0 spiro atoms. The number of anilines is 2. The molecule has 0 aromatic heterocycles. The van der Waals surface area contributed by atoms with Gasteiger partial charge in [0.25, 0.3) is 10.0 Å². The summed E-state index contributed by atoms with van der Waals surface area (Å²) < 4.78 is 34.2. The van der Waals surface area contributed by atoms with Gasteiger partial charge in [-0.05, 0) is 69.2 Å². The van der Waals surface area contributed by atoms with Gasteiger partial charge in [0, 0.05) is 12.6 Å². The van der Waals surface area contributed by atoms with E-state index in [9.17, 15) is 13.2 Å². The topological polar surface area (TPSA) is 75.7 Å². The number of aryl methyl sites for hydroxylation is 2. The fraction of sp³-hybridized carbons (Fsp3) is 0.350. The van der Waals surface area contributed by atoms with E-state index in [1.54, 1.807) is 23.1 Å². The molecule has 1 aliphatic heterocycles. The van der Waals surface area contributed by atoms with Crippen LogP contribution in [0.15, 0.2) is 41.3 Å². The summed E-state index contributed by atoms with van der Waals surface area (Å²) in [6.45, 7) is 9.48. The molecule has 0 aliphatic carbocycles. The number of fused-ring (bicyclic) bond motifs is 1. The lowest BCUT2D eigenvalue weighted by Crippen LogP contribution is -2.48. The monoisotopic (exact) mass is 388 g/mol. The van der Waals surface area contributed by atoms with E-state index in [4.69, 9.17) is 4.74 Å². The second-order valence-electron chi connectivity index (χ2n) is 7.50. The molecule has 0 bridgehead atoms. The summed E-state index contributed by atoms with van der Waals surface area (Å²) in [6, 6.07) is 9.95. The molecule has 2 aromatic rings. The molecular formula is C20H24N2O4S. The van der Waals surface area contributed by atoms with Gasteiger partial charge in [-0.25, -0.2) is 8.42 Å². The van der Waals surface area contributed by atoms with E-state index in [1.165, 1.54) is 19.1 Å². The summed E-state index contributed by atoms with van der Waals surface area (Å²) in [7, 11) is -3.80. The molecule has 7 heteroatoms. The maximum Gasteiger partial charge on any atom is 0.261 e. The zero-order chi connectivity index (χ0) is 20.0. The number of nitrogens with zero attached hydrogens (tertiary/aromatic N) is 1. The summed E-state index contributed by atoms with van der Waals surface area (Å²) >= 11 is 0. The van der Waals surface area contributed by atoms with Gasteiger partial charge in [-0.15, -0.1) is 0 Å². The van der Waals surface area contributed by atoms with Crippen LogP contribution in [-0.4, -0.2) is 26.5 Å². The number of rotatable bonds is 3. The Kier molecular flexibility index (Phi) is 4.67. The first kappa shape index (κ1) is 19.2. The molecule has 2 aromatic carbocycles. The van der Waals surface area contributed by atoms with Gasteiger partial charge in [-0.3, -0.25) is 9.52 Å². The lowest BCUT2D eigenvalue weighted by atomic mass is 10.1. The fourth-order valence-corrected chi connectivity index (χ4v) is 4.13. The average molecular weight is 388 g/mol. The van der Waals surface area contributed by atoms with Crippen LogP contribution in [0.25, 0.3) is 0 Å². The molecule has 6 nitrogen and oxygen atoms in total. The van der Waals surface area contributed by atoms with Crippen LogP contribution >= 0.6 is 0 Å². The normalized spacial score (nSPS) is 15.7. The molecule has 0 fully saturated rings. The van der Waals surface area contributed by atoms with Crippen LogP contribution < -0.4 is 14.4 Å². The van der Waals surface area contributed by atoms with Crippen LogP contribution in [0, 0.1) is 13.8 Å². The lowest BCUT2D eigenvalue weighted by molar-refractivity contribution is -0.117. The Morgan fingerprint density at radius 1 is 1.11 bits per heavy atom. The molecule has 1 aliphatic rings. The quantitative estimate of drug-likeness (QED) is 0.871. The van der Waals surface area contributed by atoms with E-state index < -0.39 is 15.6 Å². The average Bonchev–Trinajstić information content (AvgIpc) is 2.56. The minimum Gasteiger partial charge on any atom is -0.484 e. The Hall–Kier alpha value is -2.54. The molecule has 144 valence electrons. The third-order valence-corrected chi connectivity index (χ3v) is 5.97. The Labute approximate surface area is 160 Å². The fourth-order valence-electron chi connectivity index (χ4n) is 3.06. The molecular weight excluding hydrogens is 364 g/mol. The van der Waals surface area contributed by atoms with E-state index in [0.29, 0.717) is 23.7 Å². The van der Waals surface area contributed by atoms with Crippen LogP contribution in [0.2, 0.25) is 0 Å². The van der Waals surface area contributed by atoms with Crippen LogP contribution in [0.1, 0.15) is 31.9 Å². The molecule has 1 N–H and O–H groups in total. The van der Waals surface area contributed by atoms with Gasteiger partial charge in [0.05, 0.1) is 17.1 Å². The number of hydrogen-bond acceptors (Lipinski definition) is 4. The van der Waals surface area contributed by atoms with Crippen molar-refractivity contribution in [1.82, 2.24) is 0 Å². The maximum absolute atomic E-state index is 12.8. The SMILES string of the molecule is CC(=O)N1CC(C)(C)Oc2ccc(S(=O)(=O)Nc3ccc(C)c(C)c3)cc21. The van der Waals surface area contributed by atoms with Crippen molar-refractivity contribution < 1.29 is 17.9 Å². The van der Waals surface area contributed by atoms with Crippen molar-refractivity contribution in [3.63, 3.8) is 0 Å². The first-order valence-corrected chi connectivity index (χ1v) is 10.2. The van der Waals surface area contributed by atoms with Crippen LogP contribution in [0.3, 0.4) is 0 Å². The summed E-state index contributed by atoms with van der Waals surface area (Å²) in [5, 5.41) is 0. The lowest BCUT2D eigenvalue weighted by Gasteiger charge is -2.39. The highest BCUT2D eigenvalue weighted by Gasteiger charge is 2.34. The third kappa shape index (κ3) is 3.93. The largest absolute Gasteiger partial charge is 0.484 e. The predicted octanol–water partition coefficient (Wildman–Crippen LogP) is 3.63. The highest BCUT2D eigenvalue weighted by Crippen LogP contribution is 2.38. The number of nitrogens with one attached hydrogen (secondary N) is 1. The highest BCUT2D eigenvalue weighted by molar-refractivity contribution is 7.92. The summed E-state index contributed by atoms with van der Waals surface area (Å²) in [4.78, 5) is 13.7. The molecule has 1 heterocycles. The first-order valence-electron chi connectivity index (χ1n) is 8.70. The van der Waals surface area contributed by atoms with E-state index in [2.05, 4.69) is 4.72 Å². The van der Waals surface area contributed by atoms with E-state index >= 15 is 0 Å². The Bertz CT molecular complexity index is 1010. The summed E-state index contributed by atoms with van der Waals surface area (Å²) in [5.41, 5.74) is 2.50. The molecule has 27 heavy (non-hydrogen) atoms. The van der Waals surface area contributed by atoms with E-state index in [-0.39, 0.29) is 10.8 Å². The van der Waals surface area contributed by atoms with E-state index in [0.717, 1.165) is 11.1 Å². The van der Waals surface area contributed by atoms with Gasteiger partial charge in [0.1, 0.15) is 11.4 Å². The van der Waals surface area contributed by atoms with Crippen molar-refractivity contribution >= 4 is 27.3 Å². The van der Waals surface area contributed by atoms with Crippen LogP contribution in [0.5, 0.6) is 5.75 Å². The number of carbonyl (C=O) groups is 1. The van der Waals surface area contributed by atoms with Gasteiger partial charge in [-0.1, -0.05) is 6.07 Å². The Balaban J connectivity index is 1.99. The Morgan fingerprint density at radius 2 is 1.81 bits per heavy atom. The van der Waals surface area contributed by atoms with Crippen LogP contribution in [0.4, 0.5) is 11.4 Å². The molecule has 0 saturated heterocycles. The highest BCUT2D eigenvalue weighted by atomic mass is 32.2. The number of hydrogen-bond donors (Lipinski definition) is 1. The molecule has 3 rings (SSSR count). The van der Waals surface area contributed by atoms with Gasteiger partial charge < -0.3 is 9.64 Å². The van der Waals surface area contributed by atoms with Crippen LogP contribution in [-0.2, 0) is 14.8 Å². The first-order chi connectivity index (χ1) is 12.5. The zero-order valence-corrected chi connectivity index (χ0v) is 17.0. The maximum atomic E-state index is 12.8. The number of ether oxygens (including phenoxy) is 1.